The highest BCUT2D eigenvalue weighted by atomic mass is 16.3. The van der Waals surface area contributed by atoms with Crippen LogP contribution in [0.2, 0.25) is 0 Å². The first-order valence-electron chi connectivity index (χ1n) is 23.4. The first-order chi connectivity index (χ1) is 31.2. The summed E-state index contributed by atoms with van der Waals surface area (Å²) in [6.45, 7) is 20.9. The Kier molecular flexibility index (Phi) is 6.92. The summed E-state index contributed by atoms with van der Waals surface area (Å²) in [5, 5.41) is 10.0. The van der Waals surface area contributed by atoms with Gasteiger partial charge in [-0.1, -0.05) is 147 Å². The molecule has 65 heavy (non-hydrogen) atoms. The molecule has 0 atom stereocenters. The van der Waals surface area contributed by atoms with Gasteiger partial charge in [-0.05, 0) is 98.5 Å². The lowest BCUT2D eigenvalue weighted by Crippen LogP contribution is -2.57. The highest BCUT2D eigenvalue weighted by Gasteiger charge is 2.46. The fourth-order valence-corrected chi connectivity index (χ4v) is 12.0. The Balaban J connectivity index is 1.26. The lowest BCUT2D eigenvalue weighted by molar-refractivity contribution is 0.569. The summed E-state index contributed by atoms with van der Waals surface area (Å²) in [4.78, 5) is 2.66. The van der Waals surface area contributed by atoms with Crippen LogP contribution in [0.1, 0.15) is 79.0 Å². The molecule has 2 aliphatic rings. The van der Waals surface area contributed by atoms with Crippen LogP contribution in [0.15, 0.2) is 144 Å². The van der Waals surface area contributed by atoms with Crippen LogP contribution in [0.5, 0.6) is 0 Å². The van der Waals surface area contributed by atoms with E-state index in [1.165, 1.54) is 116 Å². The van der Waals surface area contributed by atoms with Gasteiger partial charge in [-0.3, -0.25) is 0 Å². The molecular formula is C60H50BN3O. The smallest absolute Gasteiger partial charge is 0.333 e. The molecule has 0 amide bonds. The molecule has 0 fully saturated rings. The van der Waals surface area contributed by atoms with Crippen molar-refractivity contribution in [3.8, 4) is 11.1 Å². The van der Waals surface area contributed by atoms with Crippen LogP contribution in [0.3, 0.4) is 0 Å². The number of furan rings is 1. The largest absolute Gasteiger partial charge is 0.455 e. The summed E-state index contributed by atoms with van der Waals surface area (Å²) in [6, 6.07) is 53.5. The molecule has 0 spiro atoms. The van der Waals surface area contributed by atoms with Crippen molar-refractivity contribution in [3.05, 3.63) is 156 Å². The Morgan fingerprint density at radius 3 is 1.78 bits per heavy atom. The zero-order valence-electron chi connectivity index (χ0n) is 38.6. The lowest BCUT2D eigenvalue weighted by Gasteiger charge is -2.41. The Labute approximate surface area is 379 Å². The number of rotatable bonds is 1. The van der Waals surface area contributed by atoms with E-state index in [0.717, 1.165) is 21.9 Å². The number of nitrogens with zero attached hydrogens (tertiary/aromatic N) is 3. The van der Waals surface area contributed by atoms with Gasteiger partial charge >= 0.3 is 6.85 Å². The second-order valence-electron chi connectivity index (χ2n) is 22.2. The molecule has 6 heterocycles. The van der Waals surface area contributed by atoms with Crippen molar-refractivity contribution in [1.82, 2.24) is 8.88 Å². The molecule has 314 valence electrons. The van der Waals surface area contributed by atoms with E-state index >= 15 is 0 Å². The molecule has 4 aromatic heterocycles. The van der Waals surface area contributed by atoms with E-state index in [1.807, 2.05) is 0 Å². The number of fused-ring (bicyclic) bond motifs is 18. The summed E-state index contributed by atoms with van der Waals surface area (Å²) < 4.78 is 12.4. The quantitative estimate of drug-likeness (QED) is 0.154. The topological polar surface area (TPSA) is 25.7 Å². The van der Waals surface area contributed by atoms with Gasteiger partial charge in [0.2, 0.25) is 0 Å². The van der Waals surface area contributed by atoms with Gasteiger partial charge in [-0.15, -0.1) is 0 Å². The maximum atomic E-state index is 7.16. The van der Waals surface area contributed by atoms with Crippen LogP contribution < -0.4 is 15.8 Å². The highest BCUT2D eigenvalue weighted by molar-refractivity contribution is 6.92. The lowest BCUT2D eigenvalue weighted by atomic mass is 9.44. The minimum Gasteiger partial charge on any atom is -0.455 e. The van der Waals surface area contributed by atoms with Crippen LogP contribution in [-0.4, -0.2) is 15.7 Å². The van der Waals surface area contributed by atoms with Crippen LogP contribution in [-0.2, 0) is 16.2 Å². The van der Waals surface area contributed by atoms with Crippen molar-refractivity contribution in [1.29, 1.82) is 0 Å². The number of hydrogen-bond donors (Lipinski definition) is 0. The van der Waals surface area contributed by atoms with E-state index in [9.17, 15) is 0 Å². The zero-order chi connectivity index (χ0) is 44.2. The van der Waals surface area contributed by atoms with Gasteiger partial charge in [-0.25, -0.2) is 0 Å². The molecule has 0 saturated carbocycles. The van der Waals surface area contributed by atoms with E-state index in [2.05, 4.69) is 216 Å². The Bertz CT molecular complexity index is 4050. The van der Waals surface area contributed by atoms with Gasteiger partial charge < -0.3 is 18.2 Å². The second-order valence-corrected chi connectivity index (χ2v) is 22.2. The average Bonchev–Trinajstić information content (AvgIpc) is 4.02. The number of aromatic nitrogens is 2. The first kappa shape index (κ1) is 37.4. The molecule has 0 unspecified atom stereocenters. The van der Waals surface area contributed by atoms with Crippen LogP contribution in [0, 0.1) is 0 Å². The van der Waals surface area contributed by atoms with Gasteiger partial charge in [0.05, 0.1) is 16.6 Å². The van der Waals surface area contributed by atoms with Gasteiger partial charge in [0, 0.05) is 82.3 Å². The molecule has 12 aromatic rings. The minimum atomic E-state index is -0.163. The summed E-state index contributed by atoms with van der Waals surface area (Å²) in [7, 11) is 0. The van der Waals surface area contributed by atoms with Crippen LogP contribution in [0.25, 0.3) is 93.0 Å². The van der Waals surface area contributed by atoms with E-state index in [1.54, 1.807) is 0 Å². The van der Waals surface area contributed by atoms with Gasteiger partial charge in [0.25, 0.3) is 0 Å². The maximum Gasteiger partial charge on any atom is 0.333 e. The first-order valence-corrected chi connectivity index (χ1v) is 23.4. The maximum absolute atomic E-state index is 7.16. The predicted molar refractivity (Wildman–Crippen MR) is 278 cm³/mol. The normalized spacial score (nSPS) is 14.2. The molecule has 5 heteroatoms. The molecule has 8 aromatic carbocycles. The summed E-state index contributed by atoms with van der Waals surface area (Å²) in [6.07, 6.45) is 0. The van der Waals surface area contributed by atoms with Crippen molar-refractivity contribution < 1.29 is 4.42 Å². The van der Waals surface area contributed by atoms with Crippen molar-refractivity contribution >= 4 is 117 Å². The third kappa shape index (κ3) is 4.73. The summed E-state index contributed by atoms with van der Waals surface area (Å²) in [5.41, 5.74) is 20.7. The third-order valence-electron chi connectivity index (χ3n) is 15.2. The molecule has 14 rings (SSSR count). The number of anilines is 3. The van der Waals surface area contributed by atoms with Crippen molar-refractivity contribution in [2.24, 2.45) is 0 Å². The van der Waals surface area contributed by atoms with Crippen LogP contribution in [0.4, 0.5) is 17.1 Å². The molecule has 0 saturated heterocycles. The number of para-hydroxylation sites is 4. The monoisotopic (exact) mass is 839 g/mol. The van der Waals surface area contributed by atoms with Crippen molar-refractivity contribution in [3.63, 3.8) is 0 Å². The van der Waals surface area contributed by atoms with Gasteiger partial charge in [0.1, 0.15) is 11.2 Å². The number of hydrogen-bond acceptors (Lipinski definition) is 2. The molecule has 0 bridgehead atoms. The standard InChI is InChI=1S/C60H50BN3O/c1-58(2,3)33-25-26-47-42(30-33)39-20-16-21-41-52-54-49(32-44-38-18-12-15-24-50(38)65-57(44)52)62(36-28-34(59(4,5)6)27-35(29-36)60(7,8)9)48-31-43-37-17-10-13-22-45(37)63-46-23-14-11-19-40(46)51(56(43)63)53(48)61(54)64(47)55(39)41/h10-32H,1-9H3. The average molecular weight is 840 g/mol. The van der Waals surface area contributed by atoms with E-state index < -0.39 is 0 Å². The fourth-order valence-electron chi connectivity index (χ4n) is 12.0. The predicted octanol–water partition coefficient (Wildman–Crippen LogP) is 15.2. The van der Waals surface area contributed by atoms with Gasteiger partial charge in [-0.2, -0.15) is 0 Å². The molecule has 0 aliphatic carbocycles. The Hall–Kier alpha value is -6.98. The highest BCUT2D eigenvalue weighted by Crippen LogP contribution is 2.52. The summed E-state index contributed by atoms with van der Waals surface area (Å²) in [5.74, 6) is 0. The number of benzene rings is 8. The van der Waals surface area contributed by atoms with Crippen LogP contribution >= 0.6 is 0 Å². The van der Waals surface area contributed by atoms with Crippen molar-refractivity contribution in [2.75, 3.05) is 4.90 Å². The van der Waals surface area contributed by atoms with E-state index in [4.69, 9.17) is 4.42 Å². The molecule has 0 N–H and O–H groups in total. The second kappa shape index (κ2) is 12.0. The Morgan fingerprint density at radius 2 is 1.06 bits per heavy atom. The van der Waals surface area contributed by atoms with E-state index in [-0.39, 0.29) is 23.1 Å². The fraction of sp³-hybridized carbons (Fsp3) is 0.200. The SMILES string of the molecule is CC(C)(C)c1cc(N2c3cc4c(oc5ccccc54)c4c3B(c3c2cc2c5ccccc5n5c6ccccc6c3c25)n2c3ccc(C(C)(C)C)cc3c3cccc-4c32)cc(C(C)(C)C)c1. The summed E-state index contributed by atoms with van der Waals surface area (Å²) >= 11 is 0. The minimum absolute atomic E-state index is 0.00291. The zero-order valence-corrected chi connectivity index (χ0v) is 38.6. The third-order valence-corrected chi connectivity index (χ3v) is 15.2. The molecule has 0 radical (unpaired) electrons. The molecule has 2 aliphatic heterocycles. The molecule has 4 nitrogen and oxygen atoms in total. The van der Waals surface area contributed by atoms with Gasteiger partial charge in [0.15, 0.2) is 0 Å². The molecular weight excluding hydrogens is 789 g/mol. The van der Waals surface area contributed by atoms with E-state index in [0.29, 0.717) is 0 Å². The van der Waals surface area contributed by atoms with Crippen molar-refractivity contribution in [2.45, 2.75) is 78.6 Å². The Morgan fingerprint density at radius 1 is 0.446 bits per heavy atom.